The van der Waals surface area contributed by atoms with Crippen LogP contribution in [0.2, 0.25) is 0 Å². The normalized spacial score (nSPS) is 19.2. The maximum atomic E-state index is 13.8. The number of carbonyl (C=O) groups excluding carboxylic acids is 1. The average Bonchev–Trinajstić information content (AvgIpc) is 2.70. The van der Waals surface area contributed by atoms with E-state index in [1.165, 1.54) is 6.07 Å². The smallest absolute Gasteiger partial charge is 0.227 e. The number of rotatable bonds is 7. The predicted molar refractivity (Wildman–Crippen MR) is 108 cm³/mol. The van der Waals surface area contributed by atoms with Gasteiger partial charge in [0.2, 0.25) is 5.91 Å². The third-order valence-corrected chi connectivity index (χ3v) is 5.13. The Morgan fingerprint density at radius 3 is 2.73 bits per heavy atom. The van der Waals surface area contributed by atoms with Gasteiger partial charge >= 0.3 is 0 Å². The first-order valence-corrected chi connectivity index (χ1v) is 10.1. The summed E-state index contributed by atoms with van der Waals surface area (Å²) in [6.07, 6.45) is 0.382. The quantitative estimate of drug-likeness (QED) is 0.747. The van der Waals surface area contributed by atoms with E-state index in [0.717, 1.165) is 17.7 Å². The summed E-state index contributed by atoms with van der Waals surface area (Å²) in [7, 11) is 0. The molecule has 1 atom stereocenters. The van der Waals surface area contributed by atoms with Gasteiger partial charge in [0, 0.05) is 19.6 Å². The van der Waals surface area contributed by atoms with Gasteiger partial charge in [0.25, 0.3) is 0 Å². The van der Waals surface area contributed by atoms with E-state index in [1.807, 2.05) is 38.1 Å². The lowest BCUT2D eigenvalue weighted by atomic mass is 9.88. The standard InChI is InChI=1S/C23H27F2NO4/c1-16(2)30-19-5-3-4-17(12-19)13-22(28)26-9-11-29-23(15-26,8-10-27)18-6-7-20(24)21(25)14-18/h3-7,12,14,16,27H,8-11,13,15H2,1-2H3. The molecule has 162 valence electrons. The van der Waals surface area contributed by atoms with Crippen LogP contribution < -0.4 is 4.74 Å². The maximum Gasteiger partial charge on any atom is 0.227 e. The molecule has 1 N–H and O–H groups in total. The van der Waals surface area contributed by atoms with Gasteiger partial charge in [-0.1, -0.05) is 18.2 Å². The zero-order chi connectivity index (χ0) is 21.7. The third kappa shape index (κ3) is 5.15. The molecule has 1 heterocycles. The SMILES string of the molecule is CC(C)Oc1cccc(CC(=O)N2CCOC(CCO)(c3ccc(F)c(F)c3)C2)c1. The highest BCUT2D eigenvalue weighted by atomic mass is 19.2. The Kier molecular flexibility index (Phi) is 7.05. The molecule has 0 aromatic heterocycles. The Morgan fingerprint density at radius 1 is 1.23 bits per heavy atom. The second-order valence-corrected chi connectivity index (χ2v) is 7.75. The topological polar surface area (TPSA) is 59.0 Å². The predicted octanol–water partition coefficient (Wildman–Crippen LogP) is 3.43. The number of morpholine rings is 1. The summed E-state index contributed by atoms with van der Waals surface area (Å²) in [6, 6.07) is 10.9. The number of nitrogens with zero attached hydrogens (tertiary/aromatic N) is 1. The van der Waals surface area contributed by atoms with Crippen LogP contribution in [0, 0.1) is 11.6 Å². The van der Waals surface area contributed by atoms with E-state index in [1.54, 1.807) is 4.90 Å². The van der Waals surface area contributed by atoms with Crippen molar-refractivity contribution in [3.8, 4) is 5.75 Å². The Labute approximate surface area is 175 Å². The first-order chi connectivity index (χ1) is 14.3. The van der Waals surface area contributed by atoms with Gasteiger partial charge in [-0.3, -0.25) is 4.79 Å². The van der Waals surface area contributed by atoms with E-state index < -0.39 is 17.2 Å². The summed E-state index contributed by atoms with van der Waals surface area (Å²) < 4.78 is 38.8. The molecule has 0 spiro atoms. The number of amides is 1. The highest BCUT2D eigenvalue weighted by molar-refractivity contribution is 5.79. The second-order valence-electron chi connectivity index (χ2n) is 7.75. The van der Waals surface area contributed by atoms with Crippen LogP contribution in [0.5, 0.6) is 5.75 Å². The number of benzene rings is 2. The number of ether oxygens (including phenoxy) is 2. The molecular weight excluding hydrogens is 392 g/mol. The molecule has 3 rings (SSSR count). The van der Waals surface area contributed by atoms with Crippen LogP contribution in [0.4, 0.5) is 8.78 Å². The summed E-state index contributed by atoms with van der Waals surface area (Å²) >= 11 is 0. The molecule has 2 aromatic rings. The van der Waals surface area contributed by atoms with Crippen LogP contribution in [-0.2, 0) is 21.6 Å². The minimum Gasteiger partial charge on any atom is -0.491 e. The molecule has 0 saturated carbocycles. The first-order valence-electron chi connectivity index (χ1n) is 10.1. The molecule has 0 radical (unpaired) electrons. The summed E-state index contributed by atoms with van der Waals surface area (Å²) in [5, 5.41) is 9.57. The van der Waals surface area contributed by atoms with Gasteiger partial charge in [-0.05, 0) is 49.2 Å². The van der Waals surface area contributed by atoms with Gasteiger partial charge in [0.1, 0.15) is 11.4 Å². The van der Waals surface area contributed by atoms with Gasteiger partial charge in [0.15, 0.2) is 11.6 Å². The summed E-state index contributed by atoms with van der Waals surface area (Å²) in [5.74, 6) is -1.34. The number of hydrogen-bond acceptors (Lipinski definition) is 4. The van der Waals surface area contributed by atoms with Crippen molar-refractivity contribution in [2.75, 3.05) is 26.3 Å². The summed E-state index contributed by atoms with van der Waals surface area (Å²) in [5.41, 5.74) is 0.144. The van der Waals surface area contributed by atoms with Crippen LogP contribution >= 0.6 is 0 Å². The molecule has 1 aliphatic heterocycles. The molecule has 1 amide bonds. The average molecular weight is 419 g/mol. The highest BCUT2D eigenvalue weighted by Crippen LogP contribution is 2.34. The molecule has 0 bridgehead atoms. The Balaban J connectivity index is 1.78. The monoisotopic (exact) mass is 419 g/mol. The molecule has 1 fully saturated rings. The van der Waals surface area contributed by atoms with Gasteiger partial charge in [-0.2, -0.15) is 0 Å². The molecule has 2 aromatic carbocycles. The Morgan fingerprint density at radius 2 is 2.03 bits per heavy atom. The number of halogens is 2. The third-order valence-electron chi connectivity index (χ3n) is 5.13. The zero-order valence-electron chi connectivity index (χ0n) is 17.2. The number of hydrogen-bond donors (Lipinski definition) is 1. The number of aliphatic hydroxyl groups is 1. The van der Waals surface area contributed by atoms with Gasteiger partial charge in [0.05, 0.1) is 25.7 Å². The summed E-state index contributed by atoms with van der Waals surface area (Å²) in [4.78, 5) is 14.6. The van der Waals surface area contributed by atoms with Crippen LogP contribution in [0.25, 0.3) is 0 Å². The zero-order valence-corrected chi connectivity index (χ0v) is 17.2. The van der Waals surface area contributed by atoms with E-state index in [0.29, 0.717) is 17.9 Å². The molecule has 1 unspecified atom stereocenters. The molecular formula is C23H27F2NO4. The van der Waals surface area contributed by atoms with Crippen LogP contribution in [0.1, 0.15) is 31.4 Å². The van der Waals surface area contributed by atoms with Crippen molar-refractivity contribution in [1.82, 2.24) is 4.90 Å². The lowest BCUT2D eigenvalue weighted by Crippen LogP contribution is -2.52. The van der Waals surface area contributed by atoms with Gasteiger partial charge in [-0.25, -0.2) is 8.78 Å². The minimum absolute atomic E-state index is 0.0328. The van der Waals surface area contributed by atoms with Crippen molar-refractivity contribution < 1.29 is 28.2 Å². The van der Waals surface area contributed by atoms with E-state index >= 15 is 0 Å². The van der Waals surface area contributed by atoms with E-state index in [-0.39, 0.29) is 44.6 Å². The lowest BCUT2D eigenvalue weighted by Gasteiger charge is -2.43. The fraction of sp³-hybridized carbons (Fsp3) is 0.435. The van der Waals surface area contributed by atoms with E-state index in [4.69, 9.17) is 9.47 Å². The van der Waals surface area contributed by atoms with Crippen molar-refractivity contribution in [3.63, 3.8) is 0 Å². The number of carbonyl (C=O) groups is 1. The van der Waals surface area contributed by atoms with Crippen molar-refractivity contribution in [3.05, 3.63) is 65.2 Å². The minimum atomic E-state index is -1.08. The second kappa shape index (κ2) is 9.53. The Bertz CT molecular complexity index is 885. The first kappa shape index (κ1) is 22.2. The molecule has 7 heteroatoms. The molecule has 1 aliphatic rings. The molecule has 0 aliphatic carbocycles. The largest absolute Gasteiger partial charge is 0.491 e. The maximum absolute atomic E-state index is 13.8. The van der Waals surface area contributed by atoms with Crippen LogP contribution in [0.3, 0.4) is 0 Å². The number of aliphatic hydroxyl groups excluding tert-OH is 1. The fourth-order valence-electron chi connectivity index (χ4n) is 3.71. The van der Waals surface area contributed by atoms with Crippen LogP contribution in [-0.4, -0.2) is 48.3 Å². The fourth-order valence-corrected chi connectivity index (χ4v) is 3.71. The molecule has 5 nitrogen and oxygen atoms in total. The van der Waals surface area contributed by atoms with Crippen LogP contribution in [0.15, 0.2) is 42.5 Å². The Hall–Kier alpha value is -2.51. The molecule has 1 saturated heterocycles. The van der Waals surface area contributed by atoms with E-state index in [9.17, 15) is 18.7 Å². The molecule has 30 heavy (non-hydrogen) atoms. The van der Waals surface area contributed by atoms with Crippen molar-refractivity contribution >= 4 is 5.91 Å². The lowest BCUT2D eigenvalue weighted by molar-refractivity contribution is -0.155. The van der Waals surface area contributed by atoms with E-state index in [2.05, 4.69) is 0 Å². The summed E-state index contributed by atoms with van der Waals surface area (Å²) in [6.45, 7) is 4.43. The van der Waals surface area contributed by atoms with Crippen molar-refractivity contribution in [2.45, 2.75) is 38.4 Å². The van der Waals surface area contributed by atoms with Gasteiger partial charge in [-0.15, -0.1) is 0 Å². The van der Waals surface area contributed by atoms with Crippen molar-refractivity contribution in [1.29, 1.82) is 0 Å². The highest BCUT2D eigenvalue weighted by Gasteiger charge is 2.40. The van der Waals surface area contributed by atoms with Gasteiger partial charge < -0.3 is 19.5 Å². The van der Waals surface area contributed by atoms with Crippen molar-refractivity contribution in [2.24, 2.45) is 0 Å².